The largest absolute Gasteiger partial charge is 0.486 e. The van der Waals surface area contributed by atoms with Crippen molar-refractivity contribution in [3.8, 4) is 11.5 Å². The molecule has 0 aliphatic carbocycles. The molecule has 1 saturated heterocycles. The minimum Gasteiger partial charge on any atom is -0.486 e. The molecular weight excluding hydrogens is 438 g/mol. The Hall–Kier alpha value is -3.88. The van der Waals surface area contributed by atoms with Gasteiger partial charge in [0, 0.05) is 31.0 Å². The summed E-state index contributed by atoms with van der Waals surface area (Å²) < 4.78 is 12.3. The number of benzene rings is 2. The first-order valence-corrected chi connectivity index (χ1v) is 11.4. The molecule has 0 spiro atoms. The summed E-state index contributed by atoms with van der Waals surface area (Å²) in [6, 6.07) is 11.9. The maximum absolute atomic E-state index is 13.0. The van der Waals surface area contributed by atoms with Gasteiger partial charge < -0.3 is 14.4 Å². The quantitative estimate of drug-likeness (QED) is 0.580. The number of hydrogen-bond acceptors (Lipinski definition) is 6. The van der Waals surface area contributed by atoms with E-state index in [9.17, 15) is 19.2 Å². The number of amides is 1. The van der Waals surface area contributed by atoms with Crippen LogP contribution in [0.25, 0.3) is 10.8 Å². The van der Waals surface area contributed by atoms with Gasteiger partial charge in [0.05, 0.1) is 17.3 Å². The Kier molecular flexibility index (Phi) is 5.91. The van der Waals surface area contributed by atoms with Crippen LogP contribution in [-0.2, 0) is 11.3 Å². The number of ketones is 1. The maximum atomic E-state index is 13.0. The molecule has 176 valence electrons. The zero-order valence-corrected chi connectivity index (χ0v) is 18.6. The molecule has 1 fully saturated rings. The smallest absolute Gasteiger partial charge is 0.273 e. The number of ether oxygens (including phenoxy) is 2. The Balaban J connectivity index is 1.18. The van der Waals surface area contributed by atoms with E-state index in [0.29, 0.717) is 67.0 Å². The van der Waals surface area contributed by atoms with Crippen LogP contribution in [0.1, 0.15) is 29.6 Å². The van der Waals surface area contributed by atoms with Crippen LogP contribution < -0.4 is 20.6 Å². The Bertz CT molecular complexity index is 1370. The van der Waals surface area contributed by atoms with Crippen LogP contribution in [0.15, 0.2) is 52.1 Å². The number of carbonyl (C=O) groups excluding carboxylic acids is 2. The molecule has 3 aromatic rings. The molecule has 0 bridgehead atoms. The number of aryl methyl sites for hydroxylation is 1. The molecule has 3 heterocycles. The molecule has 1 N–H and O–H groups in total. The summed E-state index contributed by atoms with van der Waals surface area (Å²) in [6.45, 7) is 2.00. The average molecular weight is 463 g/mol. The first kappa shape index (κ1) is 21.9. The van der Waals surface area contributed by atoms with Gasteiger partial charge in [0.2, 0.25) is 5.91 Å². The Morgan fingerprint density at radius 2 is 1.65 bits per heavy atom. The van der Waals surface area contributed by atoms with E-state index >= 15 is 0 Å². The van der Waals surface area contributed by atoms with E-state index in [-0.39, 0.29) is 41.7 Å². The zero-order valence-electron chi connectivity index (χ0n) is 18.6. The predicted octanol–water partition coefficient (Wildman–Crippen LogP) is 1.97. The summed E-state index contributed by atoms with van der Waals surface area (Å²) in [5.41, 5.74) is -0.0958. The lowest BCUT2D eigenvalue weighted by atomic mass is 9.88. The van der Waals surface area contributed by atoms with E-state index in [1.807, 2.05) is 0 Å². The summed E-state index contributed by atoms with van der Waals surface area (Å²) in [5.74, 6) is 1.02. The van der Waals surface area contributed by atoms with Crippen molar-refractivity contribution < 1.29 is 19.1 Å². The molecule has 9 heteroatoms. The van der Waals surface area contributed by atoms with Crippen molar-refractivity contribution in [1.82, 2.24) is 14.7 Å². The van der Waals surface area contributed by atoms with Crippen LogP contribution in [0.3, 0.4) is 0 Å². The molecule has 34 heavy (non-hydrogen) atoms. The first-order chi connectivity index (χ1) is 16.5. The fourth-order valence-electron chi connectivity index (χ4n) is 4.59. The maximum Gasteiger partial charge on any atom is 0.273 e. The molecule has 9 nitrogen and oxygen atoms in total. The minimum atomic E-state index is -0.360. The third-order valence-corrected chi connectivity index (χ3v) is 6.48. The van der Waals surface area contributed by atoms with Crippen LogP contribution in [0.5, 0.6) is 11.5 Å². The van der Waals surface area contributed by atoms with Gasteiger partial charge in [-0.1, -0.05) is 12.1 Å². The van der Waals surface area contributed by atoms with Crippen LogP contribution >= 0.6 is 0 Å². The normalized spacial score (nSPS) is 15.9. The highest BCUT2D eigenvalue weighted by Gasteiger charge is 2.28. The molecule has 2 aromatic carbocycles. The summed E-state index contributed by atoms with van der Waals surface area (Å²) in [4.78, 5) is 52.3. The van der Waals surface area contributed by atoms with Gasteiger partial charge in [0.1, 0.15) is 13.2 Å². The topological polar surface area (TPSA) is 111 Å². The predicted molar refractivity (Wildman–Crippen MR) is 125 cm³/mol. The SMILES string of the molecule is O=C(c1ccc2c(c1)OCCO2)C1CCN(C(=O)CCn2[nH]c(=O)c3ccccc3c2=O)CC1. The van der Waals surface area contributed by atoms with Gasteiger partial charge in [-0.25, -0.2) is 4.68 Å². The Morgan fingerprint density at radius 3 is 2.41 bits per heavy atom. The number of piperidine rings is 1. The van der Waals surface area contributed by atoms with Crippen molar-refractivity contribution in [3.63, 3.8) is 0 Å². The highest BCUT2D eigenvalue weighted by Crippen LogP contribution is 2.32. The number of nitrogens with one attached hydrogen (secondary N) is 1. The fourth-order valence-corrected chi connectivity index (χ4v) is 4.59. The van der Waals surface area contributed by atoms with Gasteiger partial charge >= 0.3 is 0 Å². The molecule has 0 radical (unpaired) electrons. The van der Waals surface area contributed by atoms with E-state index in [1.54, 1.807) is 47.4 Å². The van der Waals surface area contributed by atoms with Crippen LogP contribution in [0, 0.1) is 5.92 Å². The second kappa shape index (κ2) is 9.17. The second-order valence-corrected chi connectivity index (χ2v) is 8.57. The summed E-state index contributed by atoms with van der Waals surface area (Å²) in [7, 11) is 0. The Labute approximate surface area is 194 Å². The van der Waals surface area contributed by atoms with Crippen LogP contribution in [0.4, 0.5) is 0 Å². The van der Waals surface area contributed by atoms with E-state index in [0.717, 1.165) is 0 Å². The highest BCUT2D eigenvalue weighted by atomic mass is 16.6. The Morgan fingerprint density at radius 1 is 0.941 bits per heavy atom. The lowest BCUT2D eigenvalue weighted by Gasteiger charge is -2.31. The summed E-state index contributed by atoms with van der Waals surface area (Å²) in [6.07, 6.45) is 1.24. The average Bonchev–Trinajstić information content (AvgIpc) is 2.89. The van der Waals surface area contributed by atoms with E-state index in [1.165, 1.54) is 4.68 Å². The first-order valence-electron chi connectivity index (χ1n) is 11.4. The fraction of sp³-hybridized carbons (Fsp3) is 0.360. The van der Waals surface area contributed by atoms with Gasteiger partial charge in [-0.2, -0.15) is 0 Å². The van der Waals surface area contributed by atoms with Gasteiger partial charge in [-0.15, -0.1) is 0 Å². The third kappa shape index (κ3) is 4.21. The zero-order chi connectivity index (χ0) is 23.7. The van der Waals surface area contributed by atoms with Crippen LogP contribution in [0.2, 0.25) is 0 Å². The lowest BCUT2D eigenvalue weighted by Crippen LogP contribution is -2.41. The number of hydrogen-bond donors (Lipinski definition) is 1. The molecule has 1 aromatic heterocycles. The minimum absolute atomic E-state index is 0.0457. The number of aromatic nitrogens is 2. The summed E-state index contributed by atoms with van der Waals surface area (Å²) >= 11 is 0. The number of nitrogens with zero attached hydrogens (tertiary/aromatic N) is 2. The third-order valence-electron chi connectivity index (χ3n) is 6.48. The molecule has 5 rings (SSSR count). The van der Waals surface area contributed by atoms with Gasteiger partial charge in [0.25, 0.3) is 11.1 Å². The molecule has 0 saturated carbocycles. The van der Waals surface area contributed by atoms with Gasteiger partial charge in [-0.05, 0) is 43.2 Å². The molecule has 1 amide bonds. The van der Waals surface area contributed by atoms with Crippen molar-refractivity contribution in [2.45, 2.75) is 25.8 Å². The van der Waals surface area contributed by atoms with Crippen molar-refractivity contribution in [1.29, 1.82) is 0 Å². The van der Waals surface area contributed by atoms with Crippen molar-refractivity contribution in [2.75, 3.05) is 26.3 Å². The monoisotopic (exact) mass is 463 g/mol. The molecule has 2 aliphatic rings. The molecule has 0 unspecified atom stereocenters. The van der Waals surface area contributed by atoms with Crippen molar-refractivity contribution in [2.24, 2.45) is 5.92 Å². The molecule has 2 aliphatic heterocycles. The standard InChI is InChI=1S/C25H25N3O6/c29-22(9-12-28-25(32)19-4-2-1-3-18(19)24(31)26-28)27-10-7-16(8-11-27)23(30)17-5-6-20-21(15-17)34-14-13-33-20/h1-6,15-16H,7-14H2,(H,26,31). The van der Waals surface area contributed by atoms with E-state index in [4.69, 9.17) is 9.47 Å². The lowest BCUT2D eigenvalue weighted by molar-refractivity contribution is -0.132. The number of fused-ring (bicyclic) bond motifs is 2. The molecule has 0 atom stereocenters. The highest BCUT2D eigenvalue weighted by molar-refractivity contribution is 5.98. The number of H-pyrrole nitrogens is 1. The number of likely N-dealkylation sites (tertiary alicyclic amines) is 1. The summed E-state index contributed by atoms with van der Waals surface area (Å²) in [5, 5.41) is 3.22. The second-order valence-electron chi connectivity index (χ2n) is 8.57. The van der Waals surface area contributed by atoms with Gasteiger partial charge in [0.15, 0.2) is 17.3 Å². The van der Waals surface area contributed by atoms with E-state index in [2.05, 4.69) is 5.10 Å². The van der Waals surface area contributed by atoms with Crippen LogP contribution in [-0.4, -0.2) is 52.7 Å². The number of aromatic amines is 1. The van der Waals surface area contributed by atoms with Gasteiger partial charge in [-0.3, -0.25) is 24.3 Å². The van der Waals surface area contributed by atoms with Crippen molar-refractivity contribution >= 4 is 22.5 Å². The van der Waals surface area contributed by atoms with Crippen molar-refractivity contribution in [3.05, 3.63) is 68.7 Å². The molecular formula is C25H25N3O6. The number of rotatable bonds is 5. The number of Topliss-reactive ketones (excluding diaryl/α,β-unsaturated/α-hetero) is 1. The number of carbonyl (C=O) groups is 2. The van der Waals surface area contributed by atoms with E-state index < -0.39 is 0 Å².